The lowest BCUT2D eigenvalue weighted by atomic mass is 10.1. The molecule has 0 aromatic carbocycles. The number of carbonyl (C=O) groups is 1. The third-order valence-corrected chi connectivity index (χ3v) is 4.99. The van der Waals surface area contributed by atoms with Crippen LogP contribution in [0.25, 0.3) is 0 Å². The second-order valence-corrected chi connectivity index (χ2v) is 9.01. The van der Waals surface area contributed by atoms with Gasteiger partial charge in [-0.1, -0.05) is 27.7 Å². The van der Waals surface area contributed by atoms with Crippen molar-refractivity contribution < 1.29 is 13.2 Å². The minimum atomic E-state index is -3.11. The highest BCUT2D eigenvalue weighted by Crippen LogP contribution is 2.09. The first-order valence-electron chi connectivity index (χ1n) is 8.04. The van der Waals surface area contributed by atoms with E-state index in [-0.39, 0.29) is 5.91 Å². The summed E-state index contributed by atoms with van der Waals surface area (Å²) < 4.78 is 24.5. The zero-order valence-corrected chi connectivity index (χ0v) is 15.4. The third-order valence-electron chi connectivity index (χ3n) is 3.68. The molecule has 1 rings (SSSR count). The van der Waals surface area contributed by atoms with E-state index in [2.05, 4.69) is 32.6 Å². The van der Waals surface area contributed by atoms with Crippen LogP contribution in [0, 0.1) is 11.8 Å². The van der Waals surface area contributed by atoms with Crippen LogP contribution in [0.3, 0.4) is 0 Å². The summed E-state index contributed by atoms with van der Waals surface area (Å²) in [6, 6.07) is 0. The molecule has 0 bridgehead atoms. The Bertz CT molecular complexity index is 445. The Balaban J connectivity index is 2.52. The van der Waals surface area contributed by atoms with Crippen molar-refractivity contribution in [2.75, 3.05) is 52.1 Å². The van der Waals surface area contributed by atoms with Crippen molar-refractivity contribution in [2.24, 2.45) is 11.8 Å². The van der Waals surface area contributed by atoms with Gasteiger partial charge in [-0.15, -0.1) is 0 Å². The van der Waals surface area contributed by atoms with Crippen LogP contribution >= 0.6 is 0 Å². The van der Waals surface area contributed by atoms with Gasteiger partial charge in [-0.05, 0) is 11.8 Å². The molecule has 0 aromatic rings. The Hall–Kier alpha value is -0.660. The van der Waals surface area contributed by atoms with E-state index in [1.54, 1.807) is 0 Å². The molecule has 1 saturated heterocycles. The molecule has 6 nitrogen and oxygen atoms in total. The summed E-state index contributed by atoms with van der Waals surface area (Å²) in [7, 11) is -3.11. The van der Waals surface area contributed by atoms with Crippen molar-refractivity contribution in [1.82, 2.24) is 14.1 Å². The van der Waals surface area contributed by atoms with Crippen LogP contribution in [-0.2, 0) is 14.8 Å². The van der Waals surface area contributed by atoms with Crippen LogP contribution in [0.5, 0.6) is 0 Å². The predicted octanol–water partition coefficient (Wildman–Crippen LogP) is 0.704. The first-order valence-corrected chi connectivity index (χ1v) is 9.89. The molecule has 1 heterocycles. The minimum absolute atomic E-state index is 0.148. The van der Waals surface area contributed by atoms with Gasteiger partial charge in [0.1, 0.15) is 0 Å². The number of sulfonamides is 1. The molecule has 0 unspecified atom stereocenters. The fourth-order valence-electron chi connectivity index (χ4n) is 2.67. The van der Waals surface area contributed by atoms with Gasteiger partial charge in [-0.3, -0.25) is 9.69 Å². The topological polar surface area (TPSA) is 60.9 Å². The monoisotopic (exact) mass is 333 g/mol. The van der Waals surface area contributed by atoms with Crippen molar-refractivity contribution in [1.29, 1.82) is 0 Å². The van der Waals surface area contributed by atoms with Gasteiger partial charge in [0.05, 0.1) is 12.8 Å². The van der Waals surface area contributed by atoms with Crippen LogP contribution in [0.2, 0.25) is 0 Å². The zero-order valence-electron chi connectivity index (χ0n) is 14.6. The smallest absolute Gasteiger partial charge is 0.236 e. The molecule has 0 N–H and O–H groups in total. The summed E-state index contributed by atoms with van der Waals surface area (Å²) in [5, 5.41) is 0. The fraction of sp³-hybridized carbons (Fsp3) is 0.933. The molecule has 130 valence electrons. The molecule has 22 heavy (non-hydrogen) atoms. The van der Waals surface area contributed by atoms with E-state index in [0.717, 1.165) is 13.1 Å². The highest BCUT2D eigenvalue weighted by molar-refractivity contribution is 7.88. The van der Waals surface area contributed by atoms with Crippen LogP contribution in [0.15, 0.2) is 0 Å². The largest absolute Gasteiger partial charge is 0.341 e. The molecule has 1 fully saturated rings. The van der Waals surface area contributed by atoms with E-state index in [4.69, 9.17) is 0 Å². The molecule has 1 aliphatic rings. The quantitative estimate of drug-likeness (QED) is 0.688. The van der Waals surface area contributed by atoms with Gasteiger partial charge < -0.3 is 4.90 Å². The van der Waals surface area contributed by atoms with Crippen LogP contribution in [0.1, 0.15) is 27.7 Å². The van der Waals surface area contributed by atoms with E-state index >= 15 is 0 Å². The van der Waals surface area contributed by atoms with Gasteiger partial charge in [0.15, 0.2) is 0 Å². The lowest BCUT2D eigenvalue weighted by molar-refractivity contribution is -0.133. The summed E-state index contributed by atoms with van der Waals surface area (Å²) in [4.78, 5) is 16.5. The Morgan fingerprint density at radius 1 is 1.00 bits per heavy atom. The van der Waals surface area contributed by atoms with Gasteiger partial charge in [-0.25, -0.2) is 8.42 Å². The Morgan fingerprint density at radius 3 is 1.82 bits per heavy atom. The maximum atomic E-state index is 12.5. The van der Waals surface area contributed by atoms with E-state index in [9.17, 15) is 13.2 Å². The molecule has 0 radical (unpaired) electrons. The SMILES string of the molecule is CC(C)CN(CC(C)C)C(=O)CN1CCN(S(C)(=O)=O)CC1. The average molecular weight is 333 g/mol. The number of rotatable bonds is 7. The number of nitrogens with zero attached hydrogens (tertiary/aromatic N) is 3. The Labute approximate surface area is 135 Å². The summed E-state index contributed by atoms with van der Waals surface area (Å²) in [5.74, 6) is 1.05. The number of hydrogen-bond donors (Lipinski definition) is 0. The molecule has 1 amide bonds. The van der Waals surface area contributed by atoms with Gasteiger partial charge in [0.25, 0.3) is 0 Å². The van der Waals surface area contributed by atoms with Gasteiger partial charge in [-0.2, -0.15) is 4.31 Å². The zero-order chi connectivity index (χ0) is 16.9. The van der Waals surface area contributed by atoms with E-state index in [1.165, 1.54) is 10.6 Å². The number of amides is 1. The minimum Gasteiger partial charge on any atom is -0.341 e. The molecule has 0 saturated carbocycles. The number of carbonyl (C=O) groups excluding carboxylic acids is 1. The normalized spacial score (nSPS) is 18.1. The van der Waals surface area contributed by atoms with Crippen molar-refractivity contribution >= 4 is 15.9 Å². The third kappa shape index (κ3) is 6.62. The standard InChI is InChI=1S/C15H31N3O3S/c1-13(2)10-17(11-14(3)4)15(19)12-16-6-8-18(9-7-16)22(5,20)21/h13-14H,6-12H2,1-5H3. The van der Waals surface area contributed by atoms with E-state index in [0.29, 0.717) is 44.6 Å². The second-order valence-electron chi connectivity index (χ2n) is 7.02. The van der Waals surface area contributed by atoms with E-state index < -0.39 is 10.0 Å². The maximum absolute atomic E-state index is 12.5. The molecule has 0 atom stereocenters. The van der Waals surface area contributed by atoms with Gasteiger partial charge in [0, 0.05) is 39.3 Å². The highest BCUT2D eigenvalue weighted by atomic mass is 32.2. The Morgan fingerprint density at radius 2 is 1.45 bits per heavy atom. The lowest BCUT2D eigenvalue weighted by Gasteiger charge is -2.34. The summed E-state index contributed by atoms with van der Waals surface area (Å²) in [6.45, 7) is 12.6. The van der Waals surface area contributed by atoms with Crippen LogP contribution < -0.4 is 0 Å². The molecule has 0 spiro atoms. The van der Waals surface area contributed by atoms with Gasteiger partial charge in [0.2, 0.25) is 15.9 Å². The summed E-state index contributed by atoms with van der Waals surface area (Å²) in [5.41, 5.74) is 0. The lowest BCUT2D eigenvalue weighted by Crippen LogP contribution is -2.51. The molecule has 0 aromatic heterocycles. The van der Waals surface area contributed by atoms with Crippen molar-refractivity contribution in [3.8, 4) is 0 Å². The van der Waals surface area contributed by atoms with Crippen LogP contribution in [0.4, 0.5) is 0 Å². The second kappa shape index (κ2) is 8.26. The summed E-state index contributed by atoms with van der Waals surface area (Å²) in [6.07, 6.45) is 1.24. The number of piperazine rings is 1. The van der Waals surface area contributed by atoms with Gasteiger partial charge >= 0.3 is 0 Å². The molecular weight excluding hydrogens is 302 g/mol. The van der Waals surface area contributed by atoms with Crippen molar-refractivity contribution in [3.05, 3.63) is 0 Å². The van der Waals surface area contributed by atoms with Crippen LogP contribution in [-0.4, -0.2) is 80.5 Å². The fourth-order valence-corrected chi connectivity index (χ4v) is 3.50. The van der Waals surface area contributed by atoms with Crippen molar-refractivity contribution in [3.63, 3.8) is 0 Å². The number of hydrogen-bond acceptors (Lipinski definition) is 4. The van der Waals surface area contributed by atoms with E-state index in [1.807, 2.05) is 4.90 Å². The summed E-state index contributed by atoms with van der Waals surface area (Å²) >= 11 is 0. The first-order chi connectivity index (χ1) is 10.1. The predicted molar refractivity (Wildman–Crippen MR) is 89.1 cm³/mol. The maximum Gasteiger partial charge on any atom is 0.236 e. The Kier molecular flexibility index (Phi) is 7.28. The average Bonchev–Trinajstić information content (AvgIpc) is 2.36. The molecule has 1 aliphatic heterocycles. The molecule has 0 aliphatic carbocycles. The molecule has 7 heteroatoms. The first kappa shape index (κ1) is 19.4. The molecular formula is C15H31N3O3S. The highest BCUT2D eigenvalue weighted by Gasteiger charge is 2.26. The van der Waals surface area contributed by atoms with Crippen molar-refractivity contribution in [2.45, 2.75) is 27.7 Å².